The molecular weight excluding hydrogens is 217 g/mol. The van der Waals surface area contributed by atoms with Gasteiger partial charge < -0.3 is 10.1 Å². The van der Waals surface area contributed by atoms with E-state index in [1.54, 1.807) is 6.07 Å². The molecular formula is C14H20FNO. The maximum Gasteiger partial charge on any atom is 0.126 e. The van der Waals surface area contributed by atoms with Gasteiger partial charge in [-0.05, 0) is 43.9 Å². The summed E-state index contributed by atoms with van der Waals surface area (Å²) in [6.07, 6.45) is 3.99. The van der Waals surface area contributed by atoms with Gasteiger partial charge in [0.1, 0.15) is 5.82 Å². The molecule has 0 aliphatic carbocycles. The number of benzene rings is 1. The van der Waals surface area contributed by atoms with E-state index in [9.17, 15) is 4.39 Å². The van der Waals surface area contributed by atoms with Crippen molar-refractivity contribution < 1.29 is 9.13 Å². The molecule has 0 atom stereocenters. The van der Waals surface area contributed by atoms with Gasteiger partial charge >= 0.3 is 0 Å². The van der Waals surface area contributed by atoms with Gasteiger partial charge in [0.15, 0.2) is 0 Å². The van der Waals surface area contributed by atoms with Crippen LogP contribution in [0.3, 0.4) is 0 Å². The molecule has 0 spiro atoms. The fourth-order valence-electron chi connectivity index (χ4n) is 2.19. The van der Waals surface area contributed by atoms with Gasteiger partial charge in [-0.1, -0.05) is 18.2 Å². The number of nitrogens with one attached hydrogen (secondary N) is 1. The number of ether oxygens (including phenoxy) is 1. The Balaban J connectivity index is 1.64. The standard InChI is InChI=1S/C14H20FNO/c15-14-6-2-1-4-12(14)5-3-9-16-13-7-10-17-11-8-13/h1-2,4,6,13,16H,3,5,7-11H2. The lowest BCUT2D eigenvalue weighted by atomic mass is 10.1. The van der Waals surface area contributed by atoms with Crippen molar-refractivity contribution in [2.45, 2.75) is 31.7 Å². The molecule has 1 heterocycles. The molecule has 1 aromatic rings. The highest BCUT2D eigenvalue weighted by Crippen LogP contribution is 2.09. The molecule has 0 unspecified atom stereocenters. The largest absolute Gasteiger partial charge is 0.381 e. The van der Waals surface area contributed by atoms with E-state index in [1.807, 2.05) is 12.1 Å². The summed E-state index contributed by atoms with van der Waals surface area (Å²) in [6, 6.07) is 7.61. The number of rotatable bonds is 5. The van der Waals surface area contributed by atoms with Crippen LogP contribution in [0.15, 0.2) is 24.3 Å². The van der Waals surface area contributed by atoms with Crippen LogP contribution in [0.2, 0.25) is 0 Å². The first-order valence-electron chi connectivity index (χ1n) is 6.41. The first-order chi connectivity index (χ1) is 8.36. The van der Waals surface area contributed by atoms with Crippen molar-refractivity contribution in [2.75, 3.05) is 19.8 Å². The summed E-state index contributed by atoms with van der Waals surface area (Å²) in [6.45, 7) is 2.69. The molecule has 2 nitrogen and oxygen atoms in total. The zero-order valence-corrected chi connectivity index (χ0v) is 10.1. The molecule has 3 heteroatoms. The third-order valence-electron chi connectivity index (χ3n) is 3.24. The zero-order valence-electron chi connectivity index (χ0n) is 10.1. The lowest BCUT2D eigenvalue weighted by Gasteiger charge is -2.23. The number of hydrogen-bond acceptors (Lipinski definition) is 2. The van der Waals surface area contributed by atoms with Crippen LogP contribution >= 0.6 is 0 Å². The second-order valence-electron chi connectivity index (χ2n) is 4.54. The molecule has 1 aliphatic rings. The van der Waals surface area contributed by atoms with Crippen molar-refractivity contribution in [1.82, 2.24) is 5.32 Å². The molecule has 2 rings (SSSR count). The molecule has 0 bridgehead atoms. The van der Waals surface area contributed by atoms with Crippen molar-refractivity contribution in [2.24, 2.45) is 0 Å². The van der Waals surface area contributed by atoms with E-state index in [0.29, 0.717) is 6.04 Å². The molecule has 1 fully saturated rings. The Hall–Kier alpha value is -0.930. The molecule has 0 radical (unpaired) electrons. The average molecular weight is 237 g/mol. The van der Waals surface area contributed by atoms with E-state index < -0.39 is 0 Å². The normalized spacial score (nSPS) is 17.2. The smallest absolute Gasteiger partial charge is 0.126 e. The van der Waals surface area contributed by atoms with Crippen LogP contribution in [0, 0.1) is 5.82 Å². The third-order valence-corrected chi connectivity index (χ3v) is 3.24. The highest BCUT2D eigenvalue weighted by atomic mass is 19.1. The Kier molecular flexibility index (Phi) is 4.95. The minimum absolute atomic E-state index is 0.0847. The van der Waals surface area contributed by atoms with Crippen LogP contribution in [0.1, 0.15) is 24.8 Å². The Bertz CT molecular complexity index is 337. The van der Waals surface area contributed by atoms with E-state index in [1.165, 1.54) is 6.07 Å². The van der Waals surface area contributed by atoms with E-state index in [0.717, 1.165) is 51.0 Å². The lowest BCUT2D eigenvalue weighted by molar-refractivity contribution is 0.0780. The first-order valence-corrected chi connectivity index (χ1v) is 6.41. The topological polar surface area (TPSA) is 21.3 Å². The van der Waals surface area contributed by atoms with Gasteiger partial charge in [-0.15, -0.1) is 0 Å². The summed E-state index contributed by atoms with van der Waals surface area (Å²) in [5.74, 6) is -0.0847. The van der Waals surface area contributed by atoms with Gasteiger partial charge in [0, 0.05) is 19.3 Å². The summed E-state index contributed by atoms with van der Waals surface area (Å²) in [5.41, 5.74) is 0.821. The van der Waals surface area contributed by atoms with Gasteiger partial charge in [-0.3, -0.25) is 0 Å². The van der Waals surface area contributed by atoms with E-state index in [4.69, 9.17) is 4.74 Å². The second kappa shape index (κ2) is 6.72. The predicted molar refractivity (Wildman–Crippen MR) is 66.6 cm³/mol. The molecule has 1 N–H and O–H groups in total. The van der Waals surface area contributed by atoms with Crippen LogP contribution in [-0.4, -0.2) is 25.8 Å². The second-order valence-corrected chi connectivity index (χ2v) is 4.54. The Morgan fingerprint density at radius 2 is 2.00 bits per heavy atom. The predicted octanol–water partition coefficient (Wildman–Crippen LogP) is 2.53. The Morgan fingerprint density at radius 3 is 2.76 bits per heavy atom. The van der Waals surface area contributed by atoms with Crippen LogP contribution < -0.4 is 5.32 Å². The maximum absolute atomic E-state index is 13.3. The molecule has 0 amide bonds. The van der Waals surface area contributed by atoms with E-state index in [2.05, 4.69) is 5.32 Å². The zero-order chi connectivity index (χ0) is 11.9. The van der Waals surface area contributed by atoms with Crippen LogP contribution in [-0.2, 0) is 11.2 Å². The summed E-state index contributed by atoms with van der Waals surface area (Å²) in [7, 11) is 0. The van der Waals surface area contributed by atoms with Crippen LogP contribution in [0.25, 0.3) is 0 Å². The summed E-state index contributed by atoms with van der Waals surface area (Å²) in [4.78, 5) is 0. The molecule has 1 saturated heterocycles. The molecule has 94 valence electrons. The van der Waals surface area contributed by atoms with Crippen molar-refractivity contribution in [3.05, 3.63) is 35.6 Å². The highest BCUT2D eigenvalue weighted by molar-refractivity contribution is 5.17. The van der Waals surface area contributed by atoms with Gasteiger partial charge in [0.05, 0.1) is 0 Å². The fraction of sp³-hybridized carbons (Fsp3) is 0.571. The maximum atomic E-state index is 13.3. The van der Waals surface area contributed by atoms with Crippen molar-refractivity contribution >= 4 is 0 Å². The summed E-state index contributed by atoms with van der Waals surface area (Å²) in [5, 5.41) is 3.51. The first kappa shape index (κ1) is 12.5. The van der Waals surface area contributed by atoms with Gasteiger partial charge in [0.2, 0.25) is 0 Å². The van der Waals surface area contributed by atoms with Crippen LogP contribution in [0.4, 0.5) is 4.39 Å². The summed E-state index contributed by atoms with van der Waals surface area (Å²) < 4.78 is 18.6. The van der Waals surface area contributed by atoms with E-state index in [-0.39, 0.29) is 5.82 Å². The monoisotopic (exact) mass is 237 g/mol. The molecule has 0 saturated carbocycles. The van der Waals surface area contributed by atoms with Crippen molar-refractivity contribution in [3.63, 3.8) is 0 Å². The van der Waals surface area contributed by atoms with Gasteiger partial charge in [0.25, 0.3) is 0 Å². The average Bonchev–Trinajstić information content (AvgIpc) is 2.38. The molecule has 17 heavy (non-hydrogen) atoms. The van der Waals surface area contributed by atoms with Crippen molar-refractivity contribution in [1.29, 1.82) is 0 Å². The SMILES string of the molecule is Fc1ccccc1CCCNC1CCOCC1. The number of aryl methyl sites for hydroxylation is 1. The van der Waals surface area contributed by atoms with Gasteiger partial charge in [-0.2, -0.15) is 0 Å². The summed E-state index contributed by atoms with van der Waals surface area (Å²) >= 11 is 0. The Labute approximate surface area is 102 Å². The van der Waals surface area contributed by atoms with Crippen molar-refractivity contribution in [3.8, 4) is 0 Å². The minimum atomic E-state index is -0.0847. The molecule has 1 aromatic carbocycles. The highest BCUT2D eigenvalue weighted by Gasteiger charge is 2.12. The fourth-order valence-corrected chi connectivity index (χ4v) is 2.19. The molecule has 1 aliphatic heterocycles. The minimum Gasteiger partial charge on any atom is -0.381 e. The third kappa shape index (κ3) is 4.10. The molecule has 0 aromatic heterocycles. The quantitative estimate of drug-likeness (QED) is 0.795. The van der Waals surface area contributed by atoms with Crippen LogP contribution in [0.5, 0.6) is 0 Å². The lowest BCUT2D eigenvalue weighted by Crippen LogP contribution is -2.35. The number of hydrogen-bond donors (Lipinski definition) is 1. The number of halogens is 1. The van der Waals surface area contributed by atoms with Gasteiger partial charge in [-0.25, -0.2) is 4.39 Å². The Morgan fingerprint density at radius 1 is 1.24 bits per heavy atom. The van der Waals surface area contributed by atoms with E-state index >= 15 is 0 Å².